The summed E-state index contributed by atoms with van der Waals surface area (Å²) in [5.74, 6) is -0.191. The number of carboxylic acids is 1. The molecule has 1 heterocycles. The van der Waals surface area contributed by atoms with E-state index in [9.17, 15) is 4.79 Å². The van der Waals surface area contributed by atoms with Gasteiger partial charge in [-0.05, 0) is 31.4 Å². The fourth-order valence-electron chi connectivity index (χ4n) is 1.66. The van der Waals surface area contributed by atoms with Crippen LogP contribution in [0.25, 0.3) is 0 Å². The third kappa shape index (κ3) is 3.87. The van der Waals surface area contributed by atoms with Crippen LogP contribution in [0.15, 0.2) is 24.8 Å². The number of anilines is 1. The minimum absolute atomic E-state index is 0.299. The molecule has 0 aliphatic rings. The summed E-state index contributed by atoms with van der Waals surface area (Å²) in [6, 6.07) is 3.25. The first kappa shape index (κ1) is 14.2. The van der Waals surface area contributed by atoms with Crippen molar-refractivity contribution < 1.29 is 9.90 Å². The zero-order chi connectivity index (χ0) is 13.5. The number of aryl methyl sites for hydroxylation is 1. The van der Waals surface area contributed by atoms with Crippen molar-refractivity contribution in [3.8, 4) is 0 Å². The predicted molar refractivity (Wildman–Crippen MR) is 73.3 cm³/mol. The summed E-state index contributed by atoms with van der Waals surface area (Å²) in [7, 11) is 1.93. The number of carboxylic acid groups (broad SMARTS) is 1. The highest BCUT2D eigenvalue weighted by Crippen LogP contribution is 2.15. The van der Waals surface area contributed by atoms with Crippen LogP contribution in [0.1, 0.15) is 35.8 Å². The lowest BCUT2D eigenvalue weighted by Gasteiger charge is -2.19. The van der Waals surface area contributed by atoms with E-state index in [1.165, 1.54) is 0 Å². The van der Waals surface area contributed by atoms with Crippen molar-refractivity contribution in [1.82, 2.24) is 4.98 Å². The van der Waals surface area contributed by atoms with E-state index in [-0.39, 0.29) is 0 Å². The van der Waals surface area contributed by atoms with Crippen molar-refractivity contribution in [2.24, 2.45) is 0 Å². The summed E-state index contributed by atoms with van der Waals surface area (Å²) in [5, 5.41) is 9.07. The summed E-state index contributed by atoms with van der Waals surface area (Å²) in [6.07, 6.45) is 4.55. The normalized spacial score (nSPS) is 10.1. The van der Waals surface area contributed by atoms with Crippen LogP contribution in [0.3, 0.4) is 0 Å². The second-order valence-electron chi connectivity index (χ2n) is 4.22. The number of hydrogen-bond donors (Lipinski definition) is 1. The van der Waals surface area contributed by atoms with Gasteiger partial charge in [-0.3, -0.25) is 0 Å². The number of aromatic nitrogens is 1. The molecule has 0 spiro atoms. The lowest BCUT2D eigenvalue weighted by atomic mass is 10.2. The Bertz CT molecular complexity index is 430. The van der Waals surface area contributed by atoms with E-state index in [0.717, 1.165) is 37.3 Å². The van der Waals surface area contributed by atoms with Gasteiger partial charge in [-0.15, -0.1) is 6.58 Å². The number of pyridine rings is 1. The zero-order valence-corrected chi connectivity index (χ0v) is 11.0. The summed E-state index contributed by atoms with van der Waals surface area (Å²) >= 11 is 0. The van der Waals surface area contributed by atoms with Crippen molar-refractivity contribution >= 4 is 11.8 Å². The van der Waals surface area contributed by atoms with E-state index in [2.05, 4.69) is 11.6 Å². The molecule has 0 amide bonds. The topological polar surface area (TPSA) is 53.4 Å². The van der Waals surface area contributed by atoms with Gasteiger partial charge in [0.15, 0.2) is 0 Å². The van der Waals surface area contributed by atoms with Gasteiger partial charge >= 0.3 is 5.97 Å². The lowest BCUT2D eigenvalue weighted by molar-refractivity contribution is 0.0696. The summed E-state index contributed by atoms with van der Waals surface area (Å²) in [5.41, 5.74) is 1.10. The van der Waals surface area contributed by atoms with Crippen LogP contribution < -0.4 is 4.90 Å². The van der Waals surface area contributed by atoms with Gasteiger partial charge in [0.25, 0.3) is 0 Å². The molecule has 0 aliphatic carbocycles. The maximum Gasteiger partial charge on any atom is 0.335 e. The van der Waals surface area contributed by atoms with E-state index in [1.54, 1.807) is 12.1 Å². The molecule has 18 heavy (non-hydrogen) atoms. The molecule has 98 valence electrons. The molecule has 4 nitrogen and oxygen atoms in total. The largest absolute Gasteiger partial charge is 0.478 e. The summed E-state index contributed by atoms with van der Waals surface area (Å²) in [6.45, 7) is 6.49. The first-order valence-electron chi connectivity index (χ1n) is 6.14. The van der Waals surface area contributed by atoms with Gasteiger partial charge < -0.3 is 10.0 Å². The number of hydrogen-bond acceptors (Lipinski definition) is 3. The van der Waals surface area contributed by atoms with Gasteiger partial charge in [-0.2, -0.15) is 0 Å². The van der Waals surface area contributed by atoms with Gasteiger partial charge in [0, 0.05) is 19.3 Å². The van der Waals surface area contributed by atoms with Crippen LogP contribution in [0.4, 0.5) is 5.82 Å². The Morgan fingerprint density at radius 2 is 2.28 bits per heavy atom. The number of unbranched alkanes of at least 4 members (excludes halogenated alkanes) is 1. The van der Waals surface area contributed by atoms with E-state index in [1.807, 2.05) is 24.9 Å². The highest BCUT2D eigenvalue weighted by atomic mass is 16.4. The molecule has 1 N–H and O–H groups in total. The standard InChI is InChI=1S/C14H20N2O2/c1-4-6-7-8-16(3)13-10-11(14(17)18)9-12(5-2)15-13/h4,9-10H,1,5-8H2,2-3H3,(H,17,18). The van der Waals surface area contributed by atoms with Crippen molar-refractivity contribution in [3.63, 3.8) is 0 Å². The van der Waals surface area contributed by atoms with Gasteiger partial charge in [0.1, 0.15) is 5.82 Å². The number of rotatable bonds is 7. The fourth-order valence-corrected chi connectivity index (χ4v) is 1.66. The first-order chi connectivity index (χ1) is 8.58. The van der Waals surface area contributed by atoms with Crippen molar-refractivity contribution in [3.05, 3.63) is 36.0 Å². The molecular formula is C14H20N2O2. The van der Waals surface area contributed by atoms with Crippen molar-refractivity contribution in [2.45, 2.75) is 26.2 Å². The van der Waals surface area contributed by atoms with Crippen LogP contribution in [0.5, 0.6) is 0 Å². The molecule has 0 fully saturated rings. The number of allylic oxidation sites excluding steroid dienone is 1. The SMILES string of the molecule is C=CCCCN(C)c1cc(C(=O)O)cc(CC)n1. The smallest absolute Gasteiger partial charge is 0.335 e. The third-order valence-electron chi connectivity index (χ3n) is 2.77. The molecule has 0 aromatic carbocycles. The van der Waals surface area contributed by atoms with E-state index in [0.29, 0.717) is 5.56 Å². The van der Waals surface area contributed by atoms with E-state index < -0.39 is 5.97 Å². The van der Waals surface area contributed by atoms with Crippen LogP contribution in [-0.2, 0) is 6.42 Å². The second-order valence-corrected chi connectivity index (χ2v) is 4.22. The fraction of sp³-hybridized carbons (Fsp3) is 0.429. The predicted octanol–water partition coefficient (Wildman–Crippen LogP) is 2.74. The quantitative estimate of drug-likeness (QED) is 0.595. The van der Waals surface area contributed by atoms with Gasteiger partial charge in [0.05, 0.1) is 5.56 Å². The van der Waals surface area contributed by atoms with Crippen LogP contribution in [0, 0.1) is 0 Å². The Balaban J connectivity index is 2.89. The molecule has 0 aliphatic heterocycles. The van der Waals surface area contributed by atoms with Gasteiger partial charge in [0.2, 0.25) is 0 Å². The third-order valence-corrected chi connectivity index (χ3v) is 2.77. The lowest BCUT2D eigenvalue weighted by Crippen LogP contribution is -2.20. The second kappa shape index (κ2) is 6.79. The van der Waals surface area contributed by atoms with Crippen LogP contribution >= 0.6 is 0 Å². The molecule has 0 saturated carbocycles. The monoisotopic (exact) mass is 248 g/mol. The van der Waals surface area contributed by atoms with Crippen molar-refractivity contribution in [1.29, 1.82) is 0 Å². The molecule has 1 aromatic heterocycles. The summed E-state index contributed by atoms with van der Waals surface area (Å²) < 4.78 is 0. The average Bonchev–Trinajstić information content (AvgIpc) is 2.38. The molecule has 4 heteroatoms. The van der Waals surface area contributed by atoms with E-state index >= 15 is 0 Å². The van der Waals surface area contributed by atoms with Crippen LogP contribution in [-0.4, -0.2) is 29.7 Å². The Morgan fingerprint density at radius 1 is 1.56 bits per heavy atom. The average molecular weight is 248 g/mol. The first-order valence-corrected chi connectivity index (χ1v) is 6.14. The summed E-state index contributed by atoms with van der Waals surface area (Å²) in [4.78, 5) is 17.5. The molecule has 1 aromatic rings. The molecule has 0 saturated heterocycles. The van der Waals surface area contributed by atoms with Crippen LogP contribution in [0.2, 0.25) is 0 Å². The van der Waals surface area contributed by atoms with Gasteiger partial charge in [-0.1, -0.05) is 13.0 Å². The highest BCUT2D eigenvalue weighted by molar-refractivity contribution is 5.88. The molecule has 0 unspecified atom stereocenters. The maximum atomic E-state index is 11.0. The Kier molecular flexibility index (Phi) is 5.36. The van der Waals surface area contributed by atoms with Crippen molar-refractivity contribution in [2.75, 3.05) is 18.5 Å². The molecule has 1 rings (SSSR count). The molecular weight excluding hydrogens is 228 g/mol. The number of aromatic carboxylic acids is 1. The molecule has 0 bridgehead atoms. The van der Waals surface area contributed by atoms with Gasteiger partial charge in [-0.25, -0.2) is 9.78 Å². The Hall–Kier alpha value is -1.84. The maximum absolute atomic E-state index is 11.0. The number of nitrogens with zero attached hydrogens (tertiary/aromatic N) is 2. The Labute approximate surface area is 108 Å². The highest BCUT2D eigenvalue weighted by Gasteiger charge is 2.10. The minimum Gasteiger partial charge on any atom is -0.478 e. The molecule has 0 atom stereocenters. The molecule has 0 radical (unpaired) electrons. The van der Waals surface area contributed by atoms with E-state index in [4.69, 9.17) is 5.11 Å². The number of carbonyl (C=O) groups is 1. The Morgan fingerprint density at radius 3 is 2.83 bits per heavy atom. The minimum atomic E-state index is -0.909. The zero-order valence-electron chi connectivity index (χ0n) is 11.0.